The number of halogens is 1. The molecule has 186 valence electrons. The van der Waals surface area contributed by atoms with E-state index < -0.39 is 35.6 Å². The fourth-order valence-electron chi connectivity index (χ4n) is 6.08. The van der Waals surface area contributed by atoms with E-state index in [0.717, 1.165) is 17.5 Å². The Labute approximate surface area is 208 Å². The van der Waals surface area contributed by atoms with Gasteiger partial charge in [0.2, 0.25) is 17.7 Å². The molecule has 34 heavy (non-hydrogen) atoms. The number of carbonyl (C=O) groups excluding carboxylic acids is 3. The molecule has 3 fully saturated rings. The average Bonchev–Trinajstić information content (AvgIpc) is 3.40. The summed E-state index contributed by atoms with van der Waals surface area (Å²) < 4.78 is 6.45. The van der Waals surface area contributed by atoms with Crippen LogP contribution in [0.1, 0.15) is 37.8 Å². The predicted molar refractivity (Wildman–Crippen MR) is 131 cm³/mol. The minimum Gasteiger partial charge on any atom is -0.394 e. The van der Waals surface area contributed by atoms with Crippen LogP contribution in [0.4, 0.5) is 5.69 Å². The zero-order chi connectivity index (χ0) is 24.9. The normalized spacial score (nSPS) is 33.6. The third-order valence-electron chi connectivity index (χ3n) is 8.02. The first-order valence-corrected chi connectivity index (χ1v) is 12.9. The molecule has 3 heterocycles. The molecule has 3 unspecified atom stereocenters. The molecule has 0 saturated carbocycles. The second-order valence-corrected chi connectivity index (χ2v) is 11.1. The lowest BCUT2D eigenvalue weighted by molar-refractivity contribution is -0.145. The van der Waals surface area contributed by atoms with Gasteiger partial charge in [0.15, 0.2) is 0 Å². The molecular formula is C25H34BrN3O5. The van der Waals surface area contributed by atoms with Gasteiger partial charge in [0.1, 0.15) is 11.6 Å². The topological polar surface area (TPSA) is 108 Å². The highest BCUT2D eigenvalue weighted by molar-refractivity contribution is 9.09. The smallest absolute Gasteiger partial charge is 0.250 e. The minimum atomic E-state index is -1.14. The van der Waals surface area contributed by atoms with Crippen molar-refractivity contribution in [3.63, 3.8) is 0 Å². The van der Waals surface area contributed by atoms with Crippen LogP contribution in [0.25, 0.3) is 0 Å². The van der Waals surface area contributed by atoms with E-state index in [4.69, 9.17) is 4.74 Å². The number of aliphatic hydroxyl groups excluding tert-OH is 1. The lowest BCUT2D eigenvalue weighted by atomic mass is 9.70. The second kappa shape index (κ2) is 9.24. The number of aryl methyl sites for hydroxylation is 2. The summed E-state index contributed by atoms with van der Waals surface area (Å²) in [6.07, 6.45) is 0.659. The van der Waals surface area contributed by atoms with Crippen LogP contribution in [0.5, 0.6) is 0 Å². The van der Waals surface area contributed by atoms with Gasteiger partial charge in [0.25, 0.3) is 0 Å². The van der Waals surface area contributed by atoms with E-state index in [1.54, 1.807) is 7.05 Å². The molecule has 3 aliphatic rings. The molecule has 0 aliphatic carbocycles. The standard InChI is InChI=1S/C25H34BrN3O5/c1-6-13(3)17(11-30)29-21(23(32)28-16-9-12(2)7-8-14(16)4)25-10-15(26)20(34-25)18(22(31)27-5)19(25)24(29)33/h7-9,13,15,17-21,30H,6,10-11H2,1-5H3,(H,27,31)(H,28,32)/t13-,15?,17-,18+,19-,20+,21?,25?/m0/s1. The molecule has 3 N–H and O–H groups in total. The largest absolute Gasteiger partial charge is 0.394 e. The number of rotatable bonds is 7. The lowest BCUT2D eigenvalue weighted by Crippen LogP contribution is -2.57. The van der Waals surface area contributed by atoms with Gasteiger partial charge in [-0.2, -0.15) is 0 Å². The van der Waals surface area contributed by atoms with Crippen molar-refractivity contribution in [2.45, 2.75) is 69.2 Å². The van der Waals surface area contributed by atoms with Crippen molar-refractivity contribution in [2.24, 2.45) is 17.8 Å². The maximum absolute atomic E-state index is 14.0. The van der Waals surface area contributed by atoms with Crippen LogP contribution in [0.15, 0.2) is 18.2 Å². The van der Waals surface area contributed by atoms with Crippen LogP contribution < -0.4 is 10.6 Å². The third-order valence-corrected chi connectivity index (χ3v) is 8.87. The van der Waals surface area contributed by atoms with Gasteiger partial charge < -0.3 is 25.4 Å². The van der Waals surface area contributed by atoms with Crippen molar-refractivity contribution in [3.05, 3.63) is 29.3 Å². The summed E-state index contributed by atoms with van der Waals surface area (Å²) in [7, 11) is 1.54. The van der Waals surface area contributed by atoms with Crippen molar-refractivity contribution in [1.29, 1.82) is 0 Å². The van der Waals surface area contributed by atoms with Crippen LogP contribution in [-0.4, -0.2) is 70.0 Å². The number of alkyl halides is 1. The van der Waals surface area contributed by atoms with E-state index in [1.165, 1.54) is 4.90 Å². The minimum absolute atomic E-state index is 0.0457. The Morgan fingerprint density at radius 3 is 2.65 bits per heavy atom. The molecular weight excluding hydrogens is 502 g/mol. The zero-order valence-electron chi connectivity index (χ0n) is 20.3. The number of amides is 3. The molecule has 3 amide bonds. The molecule has 0 aromatic heterocycles. The van der Waals surface area contributed by atoms with E-state index in [1.807, 2.05) is 45.9 Å². The Hall–Kier alpha value is -1.97. The Morgan fingerprint density at radius 1 is 1.32 bits per heavy atom. The lowest BCUT2D eigenvalue weighted by Gasteiger charge is -2.38. The summed E-state index contributed by atoms with van der Waals surface area (Å²) in [5.41, 5.74) is 1.44. The second-order valence-electron chi connectivity index (χ2n) is 9.97. The van der Waals surface area contributed by atoms with Gasteiger partial charge in [0, 0.05) is 17.6 Å². The molecule has 8 atom stereocenters. The highest BCUT2D eigenvalue weighted by atomic mass is 79.9. The maximum Gasteiger partial charge on any atom is 0.250 e. The Morgan fingerprint density at radius 2 is 2.03 bits per heavy atom. The monoisotopic (exact) mass is 535 g/mol. The maximum atomic E-state index is 14.0. The quantitative estimate of drug-likeness (QED) is 0.463. The van der Waals surface area contributed by atoms with Gasteiger partial charge in [-0.25, -0.2) is 0 Å². The Balaban J connectivity index is 1.81. The summed E-state index contributed by atoms with van der Waals surface area (Å²) in [4.78, 5) is 42.2. The summed E-state index contributed by atoms with van der Waals surface area (Å²) in [5.74, 6) is -2.45. The summed E-state index contributed by atoms with van der Waals surface area (Å²) in [5, 5.41) is 16.0. The van der Waals surface area contributed by atoms with E-state index in [9.17, 15) is 19.5 Å². The third kappa shape index (κ3) is 3.67. The zero-order valence-corrected chi connectivity index (χ0v) is 21.9. The molecule has 4 rings (SSSR count). The number of ether oxygens (including phenoxy) is 1. The molecule has 1 spiro atoms. The first-order valence-electron chi connectivity index (χ1n) is 12.0. The number of carbonyl (C=O) groups is 3. The van der Waals surface area contributed by atoms with Crippen molar-refractivity contribution >= 4 is 39.3 Å². The van der Waals surface area contributed by atoms with Gasteiger partial charge >= 0.3 is 0 Å². The van der Waals surface area contributed by atoms with E-state index in [2.05, 4.69) is 26.6 Å². The SMILES string of the molecule is CC[C@H](C)[C@H](CO)N1C(=O)[C@@H]2[C@@H](C(=O)NC)[C@@H]3OC2(CC3Br)C1C(=O)Nc1cc(C)ccc1C. The molecule has 1 aromatic carbocycles. The van der Waals surface area contributed by atoms with Crippen LogP contribution >= 0.6 is 15.9 Å². The number of fused-ring (bicyclic) bond motifs is 1. The predicted octanol–water partition coefficient (Wildman–Crippen LogP) is 2.14. The Bertz CT molecular complexity index is 1000. The molecule has 3 aliphatic heterocycles. The van der Waals surface area contributed by atoms with Crippen LogP contribution in [0.3, 0.4) is 0 Å². The summed E-state index contributed by atoms with van der Waals surface area (Å²) in [6, 6.07) is 4.29. The summed E-state index contributed by atoms with van der Waals surface area (Å²) >= 11 is 3.65. The highest BCUT2D eigenvalue weighted by Crippen LogP contribution is 2.60. The molecule has 3 saturated heterocycles. The van der Waals surface area contributed by atoms with Crippen molar-refractivity contribution in [3.8, 4) is 0 Å². The first kappa shape index (κ1) is 25.1. The molecule has 8 nitrogen and oxygen atoms in total. The number of likely N-dealkylation sites (tertiary alicyclic amines) is 1. The number of aliphatic hydroxyl groups is 1. The average molecular weight is 536 g/mol. The van der Waals surface area contributed by atoms with Gasteiger partial charge in [-0.15, -0.1) is 0 Å². The number of benzene rings is 1. The number of hydrogen-bond acceptors (Lipinski definition) is 5. The summed E-state index contributed by atoms with van der Waals surface area (Å²) in [6.45, 7) is 7.54. The fourth-order valence-corrected chi connectivity index (χ4v) is 7.02. The van der Waals surface area contributed by atoms with Gasteiger partial charge in [0.05, 0.1) is 30.6 Å². The first-order chi connectivity index (χ1) is 16.1. The van der Waals surface area contributed by atoms with Crippen LogP contribution in [0.2, 0.25) is 0 Å². The van der Waals surface area contributed by atoms with Crippen LogP contribution in [0, 0.1) is 31.6 Å². The van der Waals surface area contributed by atoms with Crippen molar-refractivity contribution in [2.75, 3.05) is 19.0 Å². The van der Waals surface area contributed by atoms with Gasteiger partial charge in [-0.05, 0) is 43.4 Å². The van der Waals surface area contributed by atoms with Crippen molar-refractivity contribution in [1.82, 2.24) is 10.2 Å². The van der Waals surface area contributed by atoms with Crippen molar-refractivity contribution < 1.29 is 24.2 Å². The highest BCUT2D eigenvalue weighted by Gasteiger charge is 2.77. The molecule has 1 aromatic rings. The number of anilines is 1. The van der Waals surface area contributed by atoms with Gasteiger partial charge in [-0.1, -0.05) is 48.3 Å². The molecule has 2 bridgehead atoms. The fraction of sp³-hybridized carbons (Fsp3) is 0.640. The molecule has 9 heteroatoms. The number of nitrogens with zero attached hydrogens (tertiary/aromatic N) is 1. The van der Waals surface area contributed by atoms with Crippen LogP contribution in [-0.2, 0) is 19.1 Å². The molecule has 0 radical (unpaired) electrons. The van der Waals surface area contributed by atoms with E-state index >= 15 is 0 Å². The van der Waals surface area contributed by atoms with Gasteiger partial charge in [-0.3, -0.25) is 14.4 Å². The number of hydrogen-bond donors (Lipinski definition) is 3. The number of nitrogens with one attached hydrogen (secondary N) is 2. The van der Waals surface area contributed by atoms with E-state index in [0.29, 0.717) is 12.1 Å². The van der Waals surface area contributed by atoms with E-state index in [-0.39, 0.29) is 35.1 Å². The Kier molecular flexibility index (Phi) is 6.83.